The predicted octanol–water partition coefficient (Wildman–Crippen LogP) is 2.68. The Kier molecular flexibility index (Phi) is 5.15. The number of rotatable bonds is 4. The van der Waals surface area contributed by atoms with Crippen LogP contribution in [-0.2, 0) is 17.8 Å². The molecule has 2 aromatic heterocycles. The van der Waals surface area contributed by atoms with Crippen molar-refractivity contribution in [3.63, 3.8) is 0 Å². The summed E-state index contributed by atoms with van der Waals surface area (Å²) in [5.74, 6) is 0.768. The summed E-state index contributed by atoms with van der Waals surface area (Å²) in [6.45, 7) is 4.61. The summed E-state index contributed by atoms with van der Waals surface area (Å²) < 4.78 is 5.34. The molecule has 0 N–H and O–H groups in total. The summed E-state index contributed by atoms with van der Waals surface area (Å²) in [5.41, 5.74) is 1.42. The SMILES string of the molecule is CCc1ocnc1C(=O)N1CCC[C@]2(CCC(=O)N(Cc3cccnc3)C2)C1. The van der Waals surface area contributed by atoms with Gasteiger partial charge in [-0.15, -0.1) is 0 Å². The smallest absolute Gasteiger partial charge is 0.276 e. The third kappa shape index (κ3) is 3.66. The molecule has 7 heteroatoms. The molecule has 2 amide bonds. The first-order valence-corrected chi connectivity index (χ1v) is 9.98. The second-order valence-corrected chi connectivity index (χ2v) is 7.92. The number of hydrogen-bond acceptors (Lipinski definition) is 5. The van der Waals surface area contributed by atoms with Crippen molar-refractivity contribution in [3.8, 4) is 0 Å². The van der Waals surface area contributed by atoms with E-state index in [9.17, 15) is 9.59 Å². The largest absolute Gasteiger partial charge is 0.448 e. The van der Waals surface area contributed by atoms with Gasteiger partial charge in [0.05, 0.1) is 0 Å². The Labute approximate surface area is 164 Å². The Bertz CT molecular complexity index is 850. The van der Waals surface area contributed by atoms with Gasteiger partial charge in [0.15, 0.2) is 12.1 Å². The molecule has 1 atom stereocenters. The van der Waals surface area contributed by atoms with Gasteiger partial charge in [0.1, 0.15) is 5.76 Å². The van der Waals surface area contributed by atoms with Gasteiger partial charge in [-0.05, 0) is 30.9 Å². The zero-order valence-corrected chi connectivity index (χ0v) is 16.3. The zero-order valence-electron chi connectivity index (χ0n) is 16.3. The Hall–Kier alpha value is -2.70. The van der Waals surface area contributed by atoms with E-state index in [1.54, 1.807) is 6.20 Å². The maximum Gasteiger partial charge on any atom is 0.276 e. The molecule has 0 radical (unpaired) electrons. The van der Waals surface area contributed by atoms with Gasteiger partial charge in [-0.2, -0.15) is 0 Å². The molecule has 0 bridgehead atoms. The number of amides is 2. The molecule has 4 rings (SSSR count). The first-order valence-electron chi connectivity index (χ1n) is 9.98. The molecule has 0 saturated carbocycles. The molecule has 1 spiro atoms. The number of hydrogen-bond donors (Lipinski definition) is 0. The van der Waals surface area contributed by atoms with Gasteiger partial charge in [-0.25, -0.2) is 4.98 Å². The lowest BCUT2D eigenvalue weighted by Crippen LogP contribution is -2.54. The van der Waals surface area contributed by atoms with E-state index in [4.69, 9.17) is 4.42 Å². The van der Waals surface area contributed by atoms with E-state index in [0.29, 0.717) is 43.9 Å². The van der Waals surface area contributed by atoms with Crippen molar-refractivity contribution >= 4 is 11.8 Å². The van der Waals surface area contributed by atoms with Crippen molar-refractivity contribution in [1.29, 1.82) is 0 Å². The third-order valence-corrected chi connectivity index (χ3v) is 5.96. The van der Waals surface area contributed by atoms with Gasteiger partial charge in [0, 0.05) is 56.8 Å². The average Bonchev–Trinajstić information content (AvgIpc) is 3.20. The molecule has 2 saturated heterocycles. The monoisotopic (exact) mass is 382 g/mol. The van der Waals surface area contributed by atoms with Crippen LogP contribution in [0.25, 0.3) is 0 Å². The highest BCUT2D eigenvalue weighted by atomic mass is 16.3. The Morgan fingerprint density at radius 3 is 3.00 bits per heavy atom. The van der Waals surface area contributed by atoms with Crippen LogP contribution < -0.4 is 0 Å². The van der Waals surface area contributed by atoms with Gasteiger partial charge < -0.3 is 14.2 Å². The highest BCUT2D eigenvalue weighted by Gasteiger charge is 2.43. The predicted molar refractivity (Wildman–Crippen MR) is 102 cm³/mol. The molecule has 2 fully saturated rings. The first-order chi connectivity index (χ1) is 13.6. The fourth-order valence-electron chi connectivity index (χ4n) is 4.52. The minimum absolute atomic E-state index is 0.0415. The van der Waals surface area contributed by atoms with Crippen molar-refractivity contribution < 1.29 is 14.0 Å². The van der Waals surface area contributed by atoms with Crippen molar-refractivity contribution in [2.75, 3.05) is 19.6 Å². The molecule has 148 valence electrons. The molecular weight excluding hydrogens is 356 g/mol. The number of likely N-dealkylation sites (tertiary alicyclic amines) is 2. The van der Waals surface area contributed by atoms with Crippen LogP contribution in [0.1, 0.15) is 54.4 Å². The maximum absolute atomic E-state index is 13.0. The van der Waals surface area contributed by atoms with E-state index < -0.39 is 0 Å². The summed E-state index contributed by atoms with van der Waals surface area (Å²) >= 11 is 0. The van der Waals surface area contributed by atoms with Gasteiger partial charge in [-0.3, -0.25) is 14.6 Å². The summed E-state index contributed by atoms with van der Waals surface area (Å²) in [6, 6.07) is 3.89. The van der Waals surface area contributed by atoms with E-state index in [2.05, 4.69) is 9.97 Å². The number of pyridine rings is 1. The quantitative estimate of drug-likeness (QED) is 0.812. The van der Waals surface area contributed by atoms with Gasteiger partial charge >= 0.3 is 0 Å². The van der Waals surface area contributed by atoms with E-state index in [1.807, 2.05) is 35.1 Å². The molecular formula is C21H26N4O3. The van der Waals surface area contributed by atoms with E-state index >= 15 is 0 Å². The molecule has 2 aliphatic heterocycles. The summed E-state index contributed by atoms with van der Waals surface area (Å²) in [7, 11) is 0. The molecule has 4 heterocycles. The molecule has 28 heavy (non-hydrogen) atoms. The number of nitrogens with zero attached hydrogens (tertiary/aromatic N) is 4. The summed E-state index contributed by atoms with van der Waals surface area (Å²) in [4.78, 5) is 37.7. The zero-order chi connectivity index (χ0) is 19.6. The topological polar surface area (TPSA) is 79.5 Å². The molecule has 7 nitrogen and oxygen atoms in total. The van der Waals surface area contributed by atoms with E-state index in [1.165, 1.54) is 6.39 Å². The van der Waals surface area contributed by atoms with Crippen LogP contribution in [0.2, 0.25) is 0 Å². The minimum Gasteiger partial charge on any atom is -0.448 e. The first kappa shape index (κ1) is 18.7. The van der Waals surface area contributed by atoms with Gasteiger partial charge in [0.25, 0.3) is 5.91 Å². The number of aryl methyl sites for hydroxylation is 1. The molecule has 0 aliphatic carbocycles. The molecule has 2 aromatic rings. The Balaban J connectivity index is 1.49. The van der Waals surface area contributed by atoms with E-state index in [0.717, 1.165) is 31.4 Å². The number of aromatic nitrogens is 2. The second-order valence-electron chi connectivity index (χ2n) is 7.92. The Morgan fingerprint density at radius 2 is 2.21 bits per heavy atom. The van der Waals surface area contributed by atoms with Gasteiger partial charge in [-0.1, -0.05) is 13.0 Å². The number of piperidine rings is 2. The lowest BCUT2D eigenvalue weighted by atomic mass is 9.73. The fraction of sp³-hybridized carbons (Fsp3) is 0.524. The minimum atomic E-state index is -0.0552. The Morgan fingerprint density at radius 1 is 1.32 bits per heavy atom. The highest BCUT2D eigenvalue weighted by molar-refractivity contribution is 5.93. The summed E-state index contributed by atoms with van der Waals surface area (Å²) in [6.07, 6.45) is 8.89. The van der Waals surface area contributed by atoms with Crippen LogP contribution in [0.15, 0.2) is 35.3 Å². The lowest BCUT2D eigenvalue weighted by molar-refractivity contribution is -0.139. The number of carbonyl (C=O) groups is 2. The standard InChI is InChI=1S/C21H26N4O3/c1-2-17-19(23-15-28-17)20(27)24-10-4-7-21(13-24)8-6-18(26)25(14-21)12-16-5-3-9-22-11-16/h3,5,9,11,15H,2,4,6-8,10,12-14H2,1H3/t21-/m0/s1. The molecule has 0 aromatic carbocycles. The van der Waals surface area contributed by atoms with Crippen LogP contribution >= 0.6 is 0 Å². The summed E-state index contributed by atoms with van der Waals surface area (Å²) in [5, 5.41) is 0. The van der Waals surface area contributed by atoms with Crippen LogP contribution in [0, 0.1) is 5.41 Å². The van der Waals surface area contributed by atoms with Crippen LogP contribution in [-0.4, -0.2) is 51.2 Å². The lowest BCUT2D eigenvalue weighted by Gasteiger charge is -2.48. The molecule has 0 unspecified atom stereocenters. The third-order valence-electron chi connectivity index (χ3n) is 5.96. The fourth-order valence-corrected chi connectivity index (χ4v) is 4.52. The van der Waals surface area contributed by atoms with Crippen LogP contribution in [0.3, 0.4) is 0 Å². The van der Waals surface area contributed by atoms with Crippen molar-refractivity contribution in [2.24, 2.45) is 5.41 Å². The van der Waals surface area contributed by atoms with Crippen molar-refractivity contribution in [3.05, 3.63) is 47.9 Å². The highest BCUT2D eigenvalue weighted by Crippen LogP contribution is 2.39. The second kappa shape index (κ2) is 7.73. The van der Waals surface area contributed by atoms with E-state index in [-0.39, 0.29) is 17.2 Å². The average molecular weight is 382 g/mol. The van der Waals surface area contributed by atoms with Crippen LogP contribution in [0.5, 0.6) is 0 Å². The van der Waals surface area contributed by atoms with Crippen molar-refractivity contribution in [2.45, 2.75) is 45.6 Å². The normalized spacial score (nSPS) is 22.7. The van der Waals surface area contributed by atoms with Crippen LogP contribution in [0.4, 0.5) is 0 Å². The number of carbonyl (C=O) groups excluding carboxylic acids is 2. The maximum atomic E-state index is 13.0. The van der Waals surface area contributed by atoms with Gasteiger partial charge in [0.2, 0.25) is 5.91 Å². The number of oxazole rings is 1. The van der Waals surface area contributed by atoms with Crippen molar-refractivity contribution in [1.82, 2.24) is 19.8 Å². The molecule has 2 aliphatic rings.